The smallest absolute Gasteiger partial charge is 0.127 e. The molecule has 0 unspecified atom stereocenters. The van der Waals surface area contributed by atoms with E-state index in [1.54, 1.807) is 18.6 Å². The van der Waals surface area contributed by atoms with Gasteiger partial charge in [-0.15, -0.1) is 0 Å². The molecule has 26 heavy (non-hydrogen) atoms. The van der Waals surface area contributed by atoms with Crippen molar-refractivity contribution < 1.29 is 9.50 Å². The van der Waals surface area contributed by atoms with E-state index in [0.717, 1.165) is 17.3 Å². The topological polar surface area (TPSA) is 61.3 Å². The summed E-state index contributed by atoms with van der Waals surface area (Å²) in [7, 11) is 0. The second kappa shape index (κ2) is 8.15. The second-order valence-electron chi connectivity index (χ2n) is 6.17. The van der Waals surface area contributed by atoms with Gasteiger partial charge < -0.3 is 10.1 Å². The lowest BCUT2D eigenvalue weighted by Gasteiger charge is -2.13. The van der Waals surface area contributed by atoms with Gasteiger partial charge in [-0.2, -0.15) is 0 Å². The molecule has 0 saturated heterocycles. The van der Waals surface area contributed by atoms with E-state index >= 15 is 0 Å². The first-order valence-corrected chi connectivity index (χ1v) is 8.66. The molecule has 0 aliphatic rings. The molecule has 1 heterocycles. The Morgan fingerprint density at radius 2 is 2.04 bits per heavy atom. The van der Waals surface area contributed by atoms with E-state index in [1.165, 1.54) is 6.07 Å². The monoisotopic (exact) mass is 371 g/mol. The summed E-state index contributed by atoms with van der Waals surface area (Å²) in [6, 6.07) is 11.4. The molecular formula is C20H19ClFN3O. The number of aromatic nitrogens is 2. The van der Waals surface area contributed by atoms with Crippen LogP contribution in [0.25, 0.3) is 0 Å². The number of rotatable bonds is 6. The maximum atomic E-state index is 13.4. The highest BCUT2D eigenvalue weighted by atomic mass is 35.5. The van der Waals surface area contributed by atoms with Crippen LogP contribution >= 0.6 is 11.6 Å². The third-order valence-corrected chi connectivity index (χ3v) is 4.25. The highest BCUT2D eigenvalue weighted by molar-refractivity contribution is 6.30. The molecule has 0 aliphatic carbocycles. The van der Waals surface area contributed by atoms with Gasteiger partial charge >= 0.3 is 0 Å². The summed E-state index contributed by atoms with van der Waals surface area (Å²) in [5.41, 5.74) is 3.20. The minimum Gasteiger partial charge on any atom is -0.507 e. The van der Waals surface area contributed by atoms with Crippen LogP contribution in [-0.2, 0) is 12.8 Å². The number of phenols is 1. The van der Waals surface area contributed by atoms with Crippen LogP contribution in [0.4, 0.5) is 4.39 Å². The number of aromatic amines is 1. The fourth-order valence-electron chi connectivity index (χ4n) is 2.78. The number of phenolic OH excluding ortho intramolecular Hbond substituents is 1. The molecule has 1 atom stereocenters. The third-order valence-electron chi connectivity index (χ3n) is 4.00. The Morgan fingerprint density at radius 1 is 1.27 bits per heavy atom. The van der Waals surface area contributed by atoms with Crippen molar-refractivity contribution in [3.8, 4) is 5.75 Å². The highest BCUT2D eigenvalue weighted by Crippen LogP contribution is 2.22. The summed E-state index contributed by atoms with van der Waals surface area (Å²) in [5.74, 6) is -0.603. The van der Waals surface area contributed by atoms with Gasteiger partial charge in [-0.25, -0.2) is 9.37 Å². The van der Waals surface area contributed by atoms with E-state index in [9.17, 15) is 9.50 Å². The van der Waals surface area contributed by atoms with E-state index in [-0.39, 0.29) is 11.8 Å². The molecule has 4 nitrogen and oxygen atoms in total. The van der Waals surface area contributed by atoms with E-state index < -0.39 is 5.82 Å². The Bertz CT molecular complexity index is 892. The van der Waals surface area contributed by atoms with E-state index in [4.69, 9.17) is 16.6 Å². The van der Waals surface area contributed by atoms with Gasteiger partial charge in [0.2, 0.25) is 0 Å². The van der Waals surface area contributed by atoms with Crippen molar-refractivity contribution in [3.63, 3.8) is 0 Å². The largest absolute Gasteiger partial charge is 0.507 e. The van der Waals surface area contributed by atoms with Gasteiger partial charge in [-0.3, -0.25) is 4.99 Å². The molecule has 0 radical (unpaired) electrons. The Balaban J connectivity index is 1.91. The van der Waals surface area contributed by atoms with Crippen molar-refractivity contribution in [3.05, 3.63) is 82.6 Å². The average molecular weight is 372 g/mol. The second-order valence-corrected chi connectivity index (χ2v) is 6.61. The lowest BCUT2D eigenvalue weighted by Crippen LogP contribution is -2.13. The van der Waals surface area contributed by atoms with Crippen molar-refractivity contribution >= 4 is 17.3 Å². The summed E-state index contributed by atoms with van der Waals surface area (Å²) in [6.07, 6.45) is 4.59. The van der Waals surface area contributed by atoms with Crippen molar-refractivity contribution in [2.45, 2.75) is 25.8 Å². The van der Waals surface area contributed by atoms with Gasteiger partial charge in [0, 0.05) is 41.4 Å². The maximum absolute atomic E-state index is 13.4. The zero-order valence-electron chi connectivity index (χ0n) is 14.3. The van der Waals surface area contributed by atoms with E-state index in [2.05, 4.69) is 9.97 Å². The van der Waals surface area contributed by atoms with Crippen molar-refractivity contribution in [1.82, 2.24) is 9.97 Å². The summed E-state index contributed by atoms with van der Waals surface area (Å²) < 4.78 is 13.4. The molecule has 0 aliphatic heterocycles. The van der Waals surface area contributed by atoms with Gasteiger partial charge in [0.1, 0.15) is 11.6 Å². The first kappa shape index (κ1) is 18.1. The van der Waals surface area contributed by atoms with E-state index in [0.29, 0.717) is 29.1 Å². The number of hydrogen-bond acceptors (Lipinski definition) is 3. The van der Waals surface area contributed by atoms with Crippen molar-refractivity contribution in [2.24, 2.45) is 4.99 Å². The molecule has 0 fully saturated rings. The van der Waals surface area contributed by atoms with Gasteiger partial charge in [-0.1, -0.05) is 23.7 Å². The fourth-order valence-corrected chi connectivity index (χ4v) is 2.91. The predicted octanol–water partition coefficient (Wildman–Crippen LogP) is 4.57. The van der Waals surface area contributed by atoms with Crippen molar-refractivity contribution in [2.75, 3.05) is 0 Å². The van der Waals surface area contributed by atoms with Crippen LogP contribution in [0.3, 0.4) is 0 Å². The number of nitrogens with zero attached hydrogens (tertiary/aromatic N) is 2. The summed E-state index contributed by atoms with van der Waals surface area (Å²) in [4.78, 5) is 11.9. The molecule has 0 spiro atoms. The third kappa shape index (κ3) is 4.70. The number of H-pyrrole nitrogens is 1. The summed E-state index contributed by atoms with van der Waals surface area (Å²) >= 11 is 5.95. The first-order valence-electron chi connectivity index (χ1n) is 8.28. The zero-order chi connectivity index (χ0) is 18.5. The molecular weight excluding hydrogens is 353 g/mol. The lowest BCUT2D eigenvalue weighted by molar-refractivity contribution is 0.467. The van der Waals surface area contributed by atoms with Gasteiger partial charge in [0.05, 0.1) is 18.1 Å². The fraction of sp³-hybridized carbons (Fsp3) is 0.200. The Labute approximate surface area is 156 Å². The van der Waals surface area contributed by atoms with Crippen LogP contribution in [0.5, 0.6) is 5.75 Å². The molecule has 6 heteroatoms. The molecule has 2 N–H and O–H groups in total. The van der Waals surface area contributed by atoms with Crippen LogP contribution in [0.15, 0.2) is 60.0 Å². The Kier molecular flexibility index (Phi) is 5.68. The molecule has 0 bridgehead atoms. The van der Waals surface area contributed by atoms with Crippen molar-refractivity contribution in [1.29, 1.82) is 0 Å². The normalized spacial score (nSPS) is 13.0. The molecule has 3 aromatic rings. The van der Waals surface area contributed by atoms with Crippen LogP contribution in [-0.4, -0.2) is 26.8 Å². The zero-order valence-corrected chi connectivity index (χ0v) is 15.0. The number of aliphatic imine (C=N–C) groups is 1. The molecule has 0 amide bonds. The summed E-state index contributed by atoms with van der Waals surface area (Å²) in [5, 5.41) is 10.9. The number of imidazole rings is 1. The molecule has 0 saturated carbocycles. The minimum absolute atomic E-state index is 0.0396. The van der Waals surface area contributed by atoms with Gasteiger partial charge in [-0.05, 0) is 36.8 Å². The van der Waals surface area contributed by atoms with Gasteiger partial charge in [0.25, 0.3) is 0 Å². The maximum Gasteiger partial charge on any atom is 0.127 e. The standard InChI is InChI=1S/C20H19ClFN3O/c1-13(8-17-11-23-12-24-17)25-19(9-14-2-4-15(21)5-3-14)18-7-6-16(22)10-20(18)26/h2-7,10-13,26H,8-9H2,1H3,(H,23,24)/t13-/m1/s1. The van der Waals surface area contributed by atoms with Crippen LogP contribution in [0.2, 0.25) is 5.02 Å². The summed E-state index contributed by atoms with van der Waals surface area (Å²) in [6.45, 7) is 1.99. The Hall–Kier alpha value is -2.66. The number of hydrogen-bond donors (Lipinski definition) is 2. The SMILES string of the molecule is C[C@H](Cc1cnc[nH]1)N=C(Cc1ccc(Cl)cc1)c1ccc(F)cc1O. The Morgan fingerprint density at radius 3 is 2.69 bits per heavy atom. The number of benzene rings is 2. The minimum atomic E-state index is -0.484. The number of halogens is 2. The number of aromatic hydroxyl groups is 1. The molecule has 134 valence electrons. The lowest BCUT2D eigenvalue weighted by atomic mass is 10.0. The van der Waals surface area contributed by atoms with Crippen LogP contribution < -0.4 is 0 Å². The van der Waals surface area contributed by atoms with E-state index in [1.807, 2.05) is 31.2 Å². The quantitative estimate of drug-likeness (QED) is 0.623. The van der Waals surface area contributed by atoms with Crippen LogP contribution in [0, 0.1) is 5.82 Å². The average Bonchev–Trinajstić information content (AvgIpc) is 3.09. The number of nitrogens with one attached hydrogen (secondary N) is 1. The van der Waals surface area contributed by atoms with Crippen LogP contribution in [0.1, 0.15) is 23.7 Å². The first-order chi connectivity index (χ1) is 12.5. The molecule has 3 rings (SSSR count). The molecule has 1 aromatic heterocycles. The van der Waals surface area contributed by atoms with Gasteiger partial charge in [0.15, 0.2) is 0 Å². The predicted molar refractivity (Wildman–Crippen MR) is 102 cm³/mol. The molecule has 2 aromatic carbocycles. The highest BCUT2D eigenvalue weighted by Gasteiger charge is 2.13.